The Morgan fingerprint density at radius 2 is 2.26 bits per heavy atom. The highest BCUT2D eigenvalue weighted by Crippen LogP contribution is 2.32. The van der Waals surface area contributed by atoms with E-state index in [2.05, 4.69) is 5.32 Å². The van der Waals surface area contributed by atoms with E-state index < -0.39 is 11.3 Å². The van der Waals surface area contributed by atoms with Gasteiger partial charge in [-0.15, -0.1) is 0 Å². The second-order valence-electron chi connectivity index (χ2n) is 5.07. The minimum atomic E-state index is -0.660. The standard InChI is InChI=1S/C13H15N3O3/c1-16-9-6-8(2-3-10(9)19-12(16)18)7-15-11(17)13(14)4-5-13/h2-3,6H,4-5,7,14H2,1H3,(H,15,17). The maximum Gasteiger partial charge on any atom is 0.419 e. The zero-order valence-corrected chi connectivity index (χ0v) is 10.6. The molecule has 0 spiro atoms. The fraction of sp³-hybridized carbons (Fsp3) is 0.385. The van der Waals surface area contributed by atoms with Crippen molar-refractivity contribution in [2.75, 3.05) is 0 Å². The number of nitrogens with zero attached hydrogens (tertiary/aromatic N) is 1. The lowest BCUT2D eigenvalue weighted by Crippen LogP contribution is -2.42. The van der Waals surface area contributed by atoms with Gasteiger partial charge in [-0.1, -0.05) is 6.07 Å². The summed E-state index contributed by atoms with van der Waals surface area (Å²) in [5, 5.41) is 2.81. The molecule has 0 bridgehead atoms. The first kappa shape index (κ1) is 12.0. The summed E-state index contributed by atoms with van der Waals surface area (Å²) >= 11 is 0. The number of amides is 1. The Balaban J connectivity index is 1.80. The molecule has 0 aliphatic heterocycles. The topological polar surface area (TPSA) is 90.3 Å². The van der Waals surface area contributed by atoms with Crippen LogP contribution >= 0.6 is 0 Å². The first-order valence-corrected chi connectivity index (χ1v) is 6.15. The summed E-state index contributed by atoms with van der Waals surface area (Å²) in [7, 11) is 1.65. The number of carbonyl (C=O) groups excluding carboxylic acids is 1. The summed E-state index contributed by atoms with van der Waals surface area (Å²) < 4.78 is 6.48. The van der Waals surface area contributed by atoms with Gasteiger partial charge in [0.05, 0.1) is 11.1 Å². The molecule has 2 aromatic rings. The summed E-state index contributed by atoms with van der Waals surface area (Å²) in [5.74, 6) is -0.510. The van der Waals surface area contributed by atoms with Crippen LogP contribution in [0.25, 0.3) is 11.1 Å². The van der Waals surface area contributed by atoms with Gasteiger partial charge in [0.25, 0.3) is 0 Å². The molecule has 0 unspecified atom stereocenters. The quantitative estimate of drug-likeness (QED) is 0.828. The van der Waals surface area contributed by atoms with Crippen molar-refractivity contribution in [2.24, 2.45) is 12.8 Å². The molecular formula is C13H15N3O3. The Kier molecular flexibility index (Phi) is 2.50. The minimum Gasteiger partial charge on any atom is -0.408 e. The lowest BCUT2D eigenvalue weighted by atomic mass is 10.2. The van der Waals surface area contributed by atoms with Gasteiger partial charge in [0.15, 0.2) is 5.58 Å². The molecule has 1 heterocycles. The molecule has 1 aliphatic rings. The van der Waals surface area contributed by atoms with Crippen molar-refractivity contribution < 1.29 is 9.21 Å². The average molecular weight is 261 g/mol. The van der Waals surface area contributed by atoms with Crippen LogP contribution in [0.4, 0.5) is 0 Å². The second kappa shape index (κ2) is 3.96. The van der Waals surface area contributed by atoms with Gasteiger partial charge in [-0.05, 0) is 30.5 Å². The number of aryl methyl sites for hydroxylation is 1. The average Bonchev–Trinajstić information content (AvgIpc) is 3.09. The zero-order valence-electron chi connectivity index (χ0n) is 10.6. The van der Waals surface area contributed by atoms with Crippen LogP contribution in [0.2, 0.25) is 0 Å². The molecule has 1 aliphatic carbocycles. The first-order chi connectivity index (χ1) is 8.99. The Bertz CT molecular complexity index is 709. The van der Waals surface area contributed by atoms with E-state index in [0.717, 1.165) is 18.4 Å². The van der Waals surface area contributed by atoms with Crippen LogP contribution in [-0.2, 0) is 18.4 Å². The first-order valence-electron chi connectivity index (χ1n) is 6.15. The van der Waals surface area contributed by atoms with Gasteiger partial charge < -0.3 is 15.5 Å². The molecule has 19 heavy (non-hydrogen) atoms. The second-order valence-corrected chi connectivity index (χ2v) is 5.07. The normalized spacial score (nSPS) is 16.5. The van der Waals surface area contributed by atoms with Crippen LogP contribution in [0, 0.1) is 0 Å². The third kappa shape index (κ3) is 2.04. The molecule has 6 heteroatoms. The molecule has 0 saturated heterocycles. The molecule has 1 aromatic heterocycles. The lowest BCUT2D eigenvalue weighted by molar-refractivity contribution is -0.123. The van der Waals surface area contributed by atoms with Crippen molar-refractivity contribution in [3.8, 4) is 0 Å². The van der Waals surface area contributed by atoms with E-state index in [1.165, 1.54) is 4.57 Å². The maximum atomic E-state index is 11.7. The van der Waals surface area contributed by atoms with Crippen molar-refractivity contribution >= 4 is 17.0 Å². The summed E-state index contributed by atoms with van der Waals surface area (Å²) in [6.45, 7) is 0.396. The Labute approximate surface area is 109 Å². The van der Waals surface area contributed by atoms with Crippen molar-refractivity contribution in [3.63, 3.8) is 0 Å². The van der Waals surface area contributed by atoms with E-state index in [9.17, 15) is 9.59 Å². The summed E-state index contributed by atoms with van der Waals surface area (Å²) in [5.41, 5.74) is 7.30. The number of hydrogen-bond acceptors (Lipinski definition) is 4. The van der Waals surface area contributed by atoms with Crippen molar-refractivity contribution in [3.05, 3.63) is 34.3 Å². The molecule has 3 N–H and O–H groups in total. The number of hydrogen-bond donors (Lipinski definition) is 2. The smallest absolute Gasteiger partial charge is 0.408 e. The molecule has 0 radical (unpaired) electrons. The van der Waals surface area contributed by atoms with Gasteiger partial charge in [-0.3, -0.25) is 9.36 Å². The van der Waals surface area contributed by atoms with Crippen LogP contribution in [0.3, 0.4) is 0 Å². The molecule has 1 fully saturated rings. The fourth-order valence-corrected chi connectivity index (χ4v) is 2.00. The Morgan fingerprint density at radius 1 is 1.53 bits per heavy atom. The zero-order chi connectivity index (χ0) is 13.6. The lowest BCUT2D eigenvalue weighted by Gasteiger charge is -2.09. The SMILES string of the molecule is Cn1c(=O)oc2ccc(CNC(=O)C3(N)CC3)cc21. The molecule has 100 valence electrons. The summed E-state index contributed by atoms with van der Waals surface area (Å²) in [6, 6.07) is 5.38. The number of rotatable bonds is 3. The molecule has 6 nitrogen and oxygen atoms in total. The number of fused-ring (bicyclic) bond motifs is 1. The van der Waals surface area contributed by atoms with Crippen LogP contribution < -0.4 is 16.8 Å². The predicted octanol–water partition coefficient (Wildman–Crippen LogP) is 0.239. The van der Waals surface area contributed by atoms with Gasteiger partial charge in [0.2, 0.25) is 5.91 Å². The number of nitrogens with one attached hydrogen (secondary N) is 1. The third-order valence-electron chi connectivity index (χ3n) is 3.55. The van der Waals surface area contributed by atoms with Gasteiger partial charge >= 0.3 is 5.76 Å². The number of benzene rings is 1. The third-order valence-corrected chi connectivity index (χ3v) is 3.55. The summed E-state index contributed by atoms with van der Waals surface area (Å²) in [4.78, 5) is 23.1. The van der Waals surface area contributed by atoms with Crippen LogP contribution in [0.15, 0.2) is 27.4 Å². The number of carbonyl (C=O) groups is 1. The van der Waals surface area contributed by atoms with Crippen molar-refractivity contribution in [1.82, 2.24) is 9.88 Å². The van der Waals surface area contributed by atoms with Gasteiger partial charge in [0.1, 0.15) is 0 Å². The highest BCUT2D eigenvalue weighted by atomic mass is 16.4. The molecule has 1 aromatic carbocycles. The molecule has 3 rings (SSSR count). The van der Waals surface area contributed by atoms with E-state index >= 15 is 0 Å². The number of aromatic nitrogens is 1. The van der Waals surface area contributed by atoms with E-state index in [1.807, 2.05) is 12.1 Å². The van der Waals surface area contributed by atoms with E-state index in [-0.39, 0.29) is 5.91 Å². The predicted molar refractivity (Wildman–Crippen MR) is 69.5 cm³/mol. The van der Waals surface area contributed by atoms with Crippen molar-refractivity contribution in [2.45, 2.75) is 24.9 Å². The van der Waals surface area contributed by atoms with Crippen LogP contribution in [0.5, 0.6) is 0 Å². The molecule has 1 amide bonds. The number of oxazole rings is 1. The maximum absolute atomic E-state index is 11.7. The van der Waals surface area contributed by atoms with Gasteiger partial charge in [-0.2, -0.15) is 0 Å². The van der Waals surface area contributed by atoms with Crippen LogP contribution in [0.1, 0.15) is 18.4 Å². The number of nitrogens with two attached hydrogens (primary N) is 1. The minimum absolute atomic E-state index is 0.117. The summed E-state index contributed by atoms with van der Waals surface area (Å²) in [6.07, 6.45) is 1.49. The highest BCUT2D eigenvalue weighted by Gasteiger charge is 2.45. The highest BCUT2D eigenvalue weighted by molar-refractivity contribution is 5.89. The van der Waals surface area contributed by atoms with Gasteiger partial charge in [-0.25, -0.2) is 4.79 Å². The van der Waals surface area contributed by atoms with E-state index in [4.69, 9.17) is 10.2 Å². The van der Waals surface area contributed by atoms with Crippen LogP contribution in [-0.4, -0.2) is 16.0 Å². The monoisotopic (exact) mass is 261 g/mol. The fourth-order valence-electron chi connectivity index (χ4n) is 2.00. The van der Waals surface area contributed by atoms with Crippen molar-refractivity contribution in [1.29, 1.82) is 0 Å². The van der Waals surface area contributed by atoms with E-state index in [1.54, 1.807) is 13.1 Å². The molecule has 0 atom stereocenters. The van der Waals surface area contributed by atoms with Gasteiger partial charge in [0, 0.05) is 13.6 Å². The molecular weight excluding hydrogens is 246 g/mol. The molecule has 1 saturated carbocycles. The Hall–Kier alpha value is -2.08. The van der Waals surface area contributed by atoms with E-state index in [0.29, 0.717) is 17.6 Å². The largest absolute Gasteiger partial charge is 0.419 e. The Morgan fingerprint density at radius 3 is 2.95 bits per heavy atom.